The largest absolute Gasteiger partial charge is 0.453 e. The standard InChI is InChI=1S/C22H31FN4O3.C19H25FN4O3/c1-21(2,3)30-20(29)25-12-9-22(4,14-25)26-10-7-16(8-11-26)27-18-6-5-15(23)13-17(18)24-19(27)28;1-19(7-10-22(12-19)18(26)27-2)23-8-5-14(6-9-23)24-16-4-3-13(20)11-15(16)21-17(24)25/h5-6,13,16H,7-12,14H2,1-4H3,(H,24,28);3-4,11,14H,5-10,12H2,1-2H3,(H,21,25). The van der Waals surface area contributed by atoms with Crippen LogP contribution in [0.2, 0.25) is 0 Å². The van der Waals surface area contributed by atoms with Crippen LogP contribution in [-0.2, 0) is 9.47 Å². The molecule has 4 aliphatic rings. The highest BCUT2D eigenvalue weighted by Crippen LogP contribution is 2.36. The number of hydrogen-bond acceptors (Lipinski definition) is 8. The van der Waals surface area contributed by atoms with Crippen molar-refractivity contribution in [2.45, 2.75) is 102 Å². The number of carbonyl (C=O) groups excluding carboxylic acids is 2. The number of piperidine rings is 2. The molecule has 14 nitrogen and oxygen atoms in total. The summed E-state index contributed by atoms with van der Waals surface area (Å²) in [6.07, 6.45) is 4.67. The van der Waals surface area contributed by atoms with E-state index in [-0.39, 0.29) is 58.4 Å². The van der Waals surface area contributed by atoms with Gasteiger partial charge in [-0.25, -0.2) is 28.0 Å². The van der Waals surface area contributed by atoms with Crippen molar-refractivity contribution in [2.75, 3.05) is 59.5 Å². The van der Waals surface area contributed by atoms with Crippen molar-refractivity contribution in [3.05, 3.63) is 69.0 Å². The lowest BCUT2D eigenvalue weighted by Gasteiger charge is -2.43. The minimum atomic E-state index is -0.496. The summed E-state index contributed by atoms with van der Waals surface area (Å²) in [5.74, 6) is -0.704. The number of carbonyl (C=O) groups is 2. The number of likely N-dealkylation sites (tertiary alicyclic amines) is 4. The van der Waals surface area contributed by atoms with E-state index in [2.05, 4.69) is 33.6 Å². The first-order chi connectivity index (χ1) is 27.0. The third-order valence-corrected chi connectivity index (χ3v) is 12.5. The molecule has 2 N–H and O–H groups in total. The van der Waals surface area contributed by atoms with E-state index in [1.165, 1.54) is 31.4 Å². The van der Waals surface area contributed by atoms with Gasteiger partial charge in [0, 0.05) is 75.5 Å². The number of aromatic amines is 2. The van der Waals surface area contributed by atoms with Crippen LogP contribution in [0.1, 0.15) is 85.2 Å². The molecule has 4 aromatic rings. The molecule has 2 aromatic heterocycles. The van der Waals surface area contributed by atoms with Crippen LogP contribution in [0.25, 0.3) is 22.1 Å². The number of ether oxygens (including phenoxy) is 2. The predicted molar refractivity (Wildman–Crippen MR) is 213 cm³/mol. The summed E-state index contributed by atoms with van der Waals surface area (Å²) in [5, 5.41) is 0. The molecule has 4 saturated heterocycles. The number of amides is 2. The van der Waals surface area contributed by atoms with Gasteiger partial charge in [0.2, 0.25) is 0 Å². The fraction of sp³-hybridized carbons (Fsp3) is 0.610. The molecule has 310 valence electrons. The van der Waals surface area contributed by atoms with Crippen LogP contribution in [0.15, 0.2) is 46.0 Å². The molecule has 0 saturated carbocycles. The Kier molecular flexibility index (Phi) is 11.1. The van der Waals surface area contributed by atoms with Crippen molar-refractivity contribution in [3.8, 4) is 0 Å². The summed E-state index contributed by atoms with van der Waals surface area (Å²) in [5.41, 5.74) is 1.58. The second-order valence-corrected chi connectivity index (χ2v) is 17.6. The number of aromatic nitrogens is 4. The van der Waals surface area contributed by atoms with E-state index >= 15 is 0 Å². The molecule has 4 fully saturated rings. The van der Waals surface area contributed by atoms with Crippen LogP contribution in [0.4, 0.5) is 18.4 Å². The van der Waals surface area contributed by atoms with Crippen LogP contribution in [0.5, 0.6) is 0 Å². The summed E-state index contributed by atoms with van der Waals surface area (Å²) < 4.78 is 40.8. The zero-order chi connectivity index (χ0) is 40.9. The topological polar surface area (TPSA) is 141 Å². The fourth-order valence-corrected chi connectivity index (χ4v) is 9.43. The van der Waals surface area contributed by atoms with E-state index < -0.39 is 5.60 Å². The molecule has 57 heavy (non-hydrogen) atoms. The van der Waals surface area contributed by atoms with Gasteiger partial charge in [0.05, 0.1) is 29.2 Å². The smallest absolute Gasteiger partial charge is 0.410 e. The van der Waals surface area contributed by atoms with Crippen LogP contribution < -0.4 is 11.4 Å². The van der Waals surface area contributed by atoms with E-state index in [0.29, 0.717) is 37.2 Å². The Hall–Kier alpha value is -4.70. The highest BCUT2D eigenvalue weighted by molar-refractivity contribution is 5.76. The molecule has 0 bridgehead atoms. The maximum atomic E-state index is 13.5. The number of fused-ring (bicyclic) bond motifs is 2. The summed E-state index contributed by atoms with van der Waals surface area (Å²) in [7, 11) is 1.41. The van der Waals surface area contributed by atoms with Gasteiger partial charge in [-0.05, 0) is 110 Å². The van der Waals surface area contributed by atoms with Crippen molar-refractivity contribution < 1.29 is 27.8 Å². The lowest BCUT2D eigenvalue weighted by molar-refractivity contribution is 0.0221. The molecular weight excluding hydrogens is 738 g/mol. The number of halogens is 2. The molecule has 2 atom stereocenters. The highest BCUT2D eigenvalue weighted by Gasteiger charge is 2.44. The van der Waals surface area contributed by atoms with E-state index in [1.54, 1.807) is 31.1 Å². The number of methoxy groups -OCH3 is 1. The van der Waals surface area contributed by atoms with Crippen molar-refractivity contribution >= 4 is 34.3 Å². The van der Waals surface area contributed by atoms with Gasteiger partial charge in [0.15, 0.2) is 0 Å². The first-order valence-corrected chi connectivity index (χ1v) is 20.1. The average molecular weight is 795 g/mol. The van der Waals surface area contributed by atoms with Gasteiger partial charge in [-0.3, -0.25) is 18.9 Å². The summed E-state index contributed by atoms with van der Waals surface area (Å²) in [6.45, 7) is 16.2. The van der Waals surface area contributed by atoms with Gasteiger partial charge >= 0.3 is 23.6 Å². The number of rotatable bonds is 4. The second kappa shape index (κ2) is 15.6. The van der Waals surface area contributed by atoms with Gasteiger partial charge in [0.1, 0.15) is 17.2 Å². The SMILES string of the molecule is CC(C)(C)OC(=O)N1CCC(C)(N2CCC(n3c(=O)[nH]c4cc(F)ccc43)CC2)C1.COC(=O)N1CCC(C)(N2CCC(n3c(=O)[nH]c4cc(F)ccc43)CC2)C1. The lowest BCUT2D eigenvalue weighted by atomic mass is 9.94. The van der Waals surface area contributed by atoms with E-state index in [0.717, 1.165) is 75.7 Å². The zero-order valence-electron chi connectivity index (χ0n) is 33.9. The van der Waals surface area contributed by atoms with Crippen molar-refractivity contribution in [1.29, 1.82) is 0 Å². The highest BCUT2D eigenvalue weighted by atomic mass is 19.1. The maximum absolute atomic E-state index is 13.5. The van der Waals surface area contributed by atoms with Gasteiger partial charge < -0.3 is 29.2 Å². The zero-order valence-corrected chi connectivity index (χ0v) is 33.9. The Labute approximate surface area is 330 Å². The minimum absolute atomic E-state index is 0.0620. The Morgan fingerprint density at radius 1 is 0.684 bits per heavy atom. The van der Waals surface area contributed by atoms with E-state index in [1.807, 2.05) is 20.8 Å². The third-order valence-electron chi connectivity index (χ3n) is 12.5. The average Bonchev–Trinajstić information content (AvgIpc) is 3.93. The number of benzene rings is 2. The molecule has 8 rings (SSSR count). The molecule has 4 aliphatic heterocycles. The second-order valence-electron chi connectivity index (χ2n) is 17.6. The van der Waals surface area contributed by atoms with Crippen LogP contribution >= 0.6 is 0 Å². The lowest BCUT2D eigenvalue weighted by Crippen LogP contribution is -2.52. The number of nitrogens with zero attached hydrogens (tertiary/aromatic N) is 6. The molecular formula is C41H56F2N8O6. The summed E-state index contributed by atoms with van der Waals surface area (Å²) in [4.78, 5) is 63.1. The van der Waals surface area contributed by atoms with Crippen molar-refractivity contribution in [3.63, 3.8) is 0 Å². The Morgan fingerprint density at radius 2 is 1.09 bits per heavy atom. The molecule has 2 amide bonds. The normalized spacial score (nSPS) is 24.3. The summed E-state index contributed by atoms with van der Waals surface area (Å²) in [6, 6.07) is 9.03. The quantitative estimate of drug-likeness (QED) is 0.263. The van der Waals surface area contributed by atoms with Gasteiger partial charge in [0.25, 0.3) is 0 Å². The Bertz CT molecular complexity index is 2230. The number of imidazole rings is 2. The Balaban J connectivity index is 0.000000175. The number of hydrogen-bond donors (Lipinski definition) is 2. The molecule has 0 spiro atoms. The molecule has 2 aromatic carbocycles. The van der Waals surface area contributed by atoms with E-state index in [9.17, 15) is 28.0 Å². The van der Waals surface area contributed by atoms with Crippen LogP contribution in [0.3, 0.4) is 0 Å². The third kappa shape index (κ3) is 8.34. The molecule has 0 aliphatic carbocycles. The first-order valence-electron chi connectivity index (χ1n) is 20.1. The molecule has 2 unspecified atom stereocenters. The van der Waals surface area contributed by atoms with Gasteiger partial charge in [-0.1, -0.05) is 0 Å². The molecule has 0 radical (unpaired) electrons. The number of H-pyrrole nitrogens is 2. The van der Waals surface area contributed by atoms with Gasteiger partial charge in [-0.2, -0.15) is 0 Å². The van der Waals surface area contributed by atoms with E-state index in [4.69, 9.17) is 9.47 Å². The maximum Gasteiger partial charge on any atom is 0.410 e. The van der Waals surface area contributed by atoms with Crippen LogP contribution in [-0.4, -0.2) is 127 Å². The summed E-state index contributed by atoms with van der Waals surface area (Å²) >= 11 is 0. The minimum Gasteiger partial charge on any atom is -0.453 e. The van der Waals surface area contributed by atoms with Crippen LogP contribution in [0, 0.1) is 11.6 Å². The predicted octanol–water partition coefficient (Wildman–Crippen LogP) is 5.84. The van der Waals surface area contributed by atoms with Crippen molar-refractivity contribution in [2.24, 2.45) is 0 Å². The monoisotopic (exact) mass is 794 g/mol. The Morgan fingerprint density at radius 3 is 1.47 bits per heavy atom. The van der Waals surface area contributed by atoms with Crippen molar-refractivity contribution in [1.82, 2.24) is 38.7 Å². The first kappa shape index (κ1) is 40.5. The molecule has 6 heterocycles. The number of nitrogens with one attached hydrogen (secondary N) is 2. The molecule has 16 heteroatoms. The van der Waals surface area contributed by atoms with Gasteiger partial charge in [-0.15, -0.1) is 0 Å². The fourth-order valence-electron chi connectivity index (χ4n) is 9.43.